The van der Waals surface area contributed by atoms with Gasteiger partial charge in [-0.1, -0.05) is 30.3 Å². The van der Waals surface area contributed by atoms with Crippen LogP contribution in [0.4, 0.5) is 5.69 Å². The Balaban J connectivity index is 0.00000225. The summed E-state index contributed by atoms with van der Waals surface area (Å²) < 4.78 is 0. The molecule has 2 aromatic carbocycles. The molecule has 1 saturated heterocycles. The third-order valence-corrected chi connectivity index (χ3v) is 5.26. The summed E-state index contributed by atoms with van der Waals surface area (Å²) in [6.45, 7) is 4.81. The molecule has 1 atom stereocenters. The molecule has 1 heterocycles. The van der Waals surface area contributed by atoms with Crippen molar-refractivity contribution in [1.29, 1.82) is 0 Å². The molecule has 2 amide bonds. The van der Waals surface area contributed by atoms with Gasteiger partial charge >= 0.3 is 0 Å². The van der Waals surface area contributed by atoms with Gasteiger partial charge in [-0.2, -0.15) is 0 Å². The van der Waals surface area contributed by atoms with Gasteiger partial charge in [0.1, 0.15) is 0 Å². The van der Waals surface area contributed by atoms with Crippen LogP contribution in [0.5, 0.6) is 0 Å². The van der Waals surface area contributed by atoms with Crippen molar-refractivity contribution in [3.63, 3.8) is 0 Å². The highest BCUT2D eigenvalue weighted by Gasteiger charge is 2.23. The maximum atomic E-state index is 12.5. The molecule has 164 valence electrons. The number of carbonyl (C=O) groups is 2. The lowest BCUT2D eigenvalue weighted by Crippen LogP contribution is -2.40. The van der Waals surface area contributed by atoms with Crippen molar-refractivity contribution in [2.24, 2.45) is 11.7 Å². The summed E-state index contributed by atoms with van der Waals surface area (Å²) in [7, 11) is 0. The molecule has 2 aromatic rings. The lowest BCUT2D eigenvalue weighted by Gasteiger charge is -2.31. The molecule has 0 radical (unpaired) electrons. The van der Waals surface area contributed by atoms with Crippen LogP contribution >= 0.6 is 24.8 Å². The van der Waals surface area contributed by atoms with Gasteiger partial charge in [0.15, 0.2) is 0 Å². The van der Waals surface area contributed by atoms with E-state index in [1.54, 1.807) is 12.1 Å². The zero-order valence-electron chi connectivity index (χ0n) is 17.1. The summed E-state index contributed by atoms with van der Waals surface area (Å²) in [4.78, 5) is 26.2. The molecule has 0 aliphatic carbocycles. The van der Waals surface area contributed by atoms with E-state index in [2.05, 4.69) is 22.3 Å². The van der Waals surface area contributed by atoms with Crippen LogP contribution in [0.3, 0.4) is 0 Å². The van der Waals surface area contributed by atoms with Crippen molar-refractivity contribution in [3.8, 4) is 0 Å². The van der Waals surface area contributed by atoms with E-state index in [0.29, 0.717) is 24.3 Å². The first kappa shape index (κ1) is 25.8. The number of nitrogen functional groups attached to an aromatic ring is 1. The standard InChI is InChI=1S/C22H28N4O2.2ClH/c1-15-7-8-19(23)11-20(15)22(28)25-12-16-4-2-5-17(10-16)13-26-9-3-6-18(14-26)21(24)27;;/h2,4-5,7-8,10-11,18H,3,6,9,12-14,23H2,1H3,(H2,24,27)(H,25,28);2*1H. The number of primary amides is 1. The van der Waals surface area contributed by atoms with Crippen LogP contribution in [0.25, 0.3) is 0 Å². The van der Waals surface area contributed by atoms with Crippen molar-refractivity contribution in [3.05, 3.63) is 64.7 Å². The Hall–Kier alpha value is -2.28. The third kappa shape index (κ3) is 6.90. The van der Waals surface area contributed by atoms with Crippen LogP contribution in [0.1, 0.15) is 39.9 Å². The monoisotopic (exact) mass is 452 g/mol. The lowest BCUT2D eigenvalue weighted by molar-refractivity contribution is -0.123. The average molecular weight is 453 g/mol. The minimum Gasteiger partial charge on any atom is -0.399 e. The molecule has 0 aromatic heterocycles. The number of nitrogens with two attached hydrogens (primary N) is 2. The van der Waals surface area contributed by atoms with Crippen molar-refractivity contribution >= 4 is 42.3 Å². The van der Waals surface area contributed by atoms with E-state index in [1.165, 1.54) is 0 Å². The Morgan fingerprint density at radius 3 is 2.60 bits per heavy atom. The number of nitrogens with one attached hydrogen (secondary N) is 1. The summed E-state index contributed by atoms with van der Waals surface area (Å²) >= 11 is 0. The van der Waals surface area contributed by atoms with E-state index in [9.17, 15) is 9.59 Å². The smallest absolute Gasteiger partial charge is 0.251 e. The van der Waals surface area contributed by atoms with Gasteiger partial charge in [-0.3, -0.25) is 14.5 Å². The fraction of sp³-hybridized carbons (Fsp3) is 0.364. The number of aryl methyl sites for hydroxylation is 1. The van der Waals surface area contributed by atoms with Gasteiger partial charge in [0.2, 0.25) is 5.91 Å². The Morgan fingerprint density at radius 2 is 1.87 bits per heavy atom. The molecule has 6 nitrogen and oxygen atoms in total. The first-order valence-corrected chi connectivity index (χ1v) is 9.66. The predicted molar refractivity (Wildman–Crippen MR) is 125 cm³/mol. The number of benzene rings is 2. The molecule has 0 bridgehead atoms. The molecule has 1 fully saturated rings. The quantitative estimate of drug-likeness (QED) is 0.586. The van der Waals surface area contributed by atoms with E-state index in [0.717, 1.165) is 42.6 Å². The van der Waals surface area contributed by atoms with E-state index in [1.807, 2.05) is 25.1 Å². The molecule has 1 aliphatic heterocycles. The number of hydrogen-bond acceptors (Lipinski definition) is 4. The predicted octanol–water partition coefficient (Wildman–Crippen LogP) is 3.05. The summed E-state index contributed by atoms with van der Waals surface area (Å²) in [6, 6.07) is 13.5. The molecular weight excluding hydrogens is 423 g/mol. The molecule has 1 unspecified atom stereocenters. The number of likely N-dealkylation sites (tertiary alicyclic amines) is 1. The molecule has 0 saturated carbocycles. The van der Waals surface area contributed by atoms with Gasteiger partial charge in [-0.25, -0.2) is 0 Å². The van der Waals surface area contributed by atoms with Gasteiger partial charge in [0.25, 0.3) is 5.91 Å². The van der Waals surface area contributed by atoms with Crippen LogP contribution in [0.2, 0.25) is 0 Å². The van der Waals surface area contributed by atoms with Gasteiger partial charge in [0, 0.05) is 30.9 Å². The normalized spacial score (nSPS) is 16.1. The van der Waals surface area contributed by atoms with Crippen molar-refractivity contribution < 1.29 is 9.59 Å². The molecule has 5 N–H and O–H groups in total. The Labute approximate surface area is 190 Å². The zero-order valence-corrected chi connectivity index (χ0v) is 18.7. The fourth-order valence-electron chi connectivity index (χ4n) is 3.69. The van der Waals surface area contributed by atoms with Gasteiger partial charge in [0.05, 0.1) is 5.92 Å². The van der Waals surface area contributed by atoms with Crippen LogP contribution in [-0.4, -0.2) is 29.8 Å². The highest BCUT2D eigenvalue weighted by Crippen LogP contribution is 2.19. The topological polar surface area (TPSA) is 101 Å². The minimum absolute atomic E-state index is 0. The maximum Gasteiger partial charge on any atom is 0.251 e. The van der Waals surface area contributed by atoms with Crippen LogP contribution < -0.4 is 16.8 Å². The molecule has 1 aliphatic rings. The van der Waals surface area contributed by atoms with Gasteiger partial charge < -0.3 is 16.8 Å². The largest absolute Gasteiger partial charge is 0.399 e. The zero-order chi connectivity index (χ0) is 20.1. The van der Waals surface area contributed by atoms with E-state index in [-0.39, 0.29) is 42.5 Å². The summed E-state index contributed by atoms with van der Waals surface area (Å²) in [6.07, 6.45) is 1.87. The molecule has 8 heteroatoms. The molecular formula is C22H30Cl2N4O2. The number of anilines is 1. The van der Waals surface area contributed by atoms with E-state index < -0.39 is 0 Å². The molecule has 0 spiro atoms. The van der Waals surface area contributed by atoms with Crippen LogP contribution in [0.15, 0.2) is 42.5 Å². The maximum absolute atomic E-state index is 12.5. The highest BCUT2D eigenvalue weighted by molar-refractivity contribution is 5.96. The van der Waals surface area contributed by atoms with E-state index >= 15 is 0 Å². The Kier molecular flexibility index (Phi) is 10.1. The summed E-state index contributed by atoms with van der Waals surface area (Å²) in [5, 5.41) is 2.97. The minimum atomic E-state index is -0.210. The first-order chi connectivity index (χ1) is 13.4. The highest BCUT2D eigenvalue weighted by atomic mass is 35.5. The number of carbonyl (C=O) groups excluding carboxylic acids is 2. The number of halogens is 2. The number of rotatable bonds is 6. The lowest BCUT2D eigenvalue weighted by atomic mass is 9.97. The fourth-order valence-corrected chi connectivity index (χ4v) is 3.69. The molecule has 30 heavy (non-hydrogen) atoms. The Morgan fingerprint density at radius 1 is 1.13 bits per heavy atom. The van der Waals surface area contributed by atoms with E-state index in [4.69, 9.17) is 11.5 Å². The van der Waals surface area contributed by atoms with Crippen LogP contribution in [0, 0.1) is 12.8 Å². The second-order valence-corrected chi connectivity index (χ2v) is 7.55. The summed E-state index contributed by atoms with van der Waals surface area (Å²) in [5.74, 6) is -0.397. The first-order valence-electron chi connectivity index (χ1n) is 9.66. The van der Waals surface area contributed by atoms with Gasteiger partial charge in [-0.05, 0) is 55.1 Å². The van der Waals surface area contributed by atoms with Gasteiger partial charge in [-0.15, -0.1) is 24.8 Å². The van der Waals surface area contributed by atoms with Crippen molar-refractivity contribution in [2.45, 2.75) is 32.9 Å². The number of nitrogens with zero attached hydrogens (tertiary/aromatic N) is 1. The second kappa shape index (κ2) is 11.8. The summed E-state index contributed by atoms with van der Waals surface area (Å²) in [5.41, 5.74) is 15.5. The number of piperidine rings is 1. The second-order valence-electron chi connectivity index (χ2n) is 7.55. The average Bonchev–Trinajstić information content (AvgIpc) is 2.68. The van der Waals surface area contributed by atoms with Crippen molar-refractivity contribution in [1.82, 2.24) is 10.2 Å². The number of hydrogen-bond donors (Lipinski definition) is 3. The molecule has 3 rings (SSSR count). The van der Waals surface area contributed by atoms with Crippen LogP contribution in [-0.2, 0) is 17.9 Å². The third-order valence-electron chi connectivity index (χ3n) is 5.26. The van der Waals surface area contributed by atoms with Crippen molar-refractivity contribution in [2.75, 3.05) is 18.8 Å². The Bertz CT molecular complexity index is 876. The SMILES string of the molecule is Cc1ccc(N)cc1C(=O)NCc1cccc(CN2CCCC(C(N)=O)C2)c1.Cl.Cl. The number of amides is 2.